The number of hydrogen-bond donors (Lipinski definition) is 0. The van der Waals surface area contributed by atoms with Gasteiger partial charge in [0.05, 0.1) is 18.2 Å². The van der Waals surface area contributed by atoms with Gasteiger partial charge in [-0.2, -0.15) is 0 Å². The van der Waals surface area contributed by atoms with Gasteiger partial charge in [0, 0.05) is 17.3 Å². The Kier molecular flexibility index (Phi) is 5.42. The Morgan fingerprint density at radius 2 is 1.83 bits per heavy atom. The van der Waals surface area contributed by atoms with Crippen LogP contribution >= 0.6 is 12.2 Å². The molecule has 8 heteroatoms. The van der Waals surface area contributed by atoms with Crippen LogP contribution in [0.3, 0.4) is 0 Å². The van der Waals surface area contributed by atoms with Gasteiger partial charge in [0.1, 0.15) is 0 Å². The normalized spacial score (nSPS) is 18.4. The standard InChI is InChI=1S/C21H24N4O2S2/c1-16-8-10-18(11-9-16)25-20(17-6-4-3-5-7-17)22-24(21(25)28)15-23(2)19-12-13-29(26,27)14-19/h3-11,19H,12-15H2,1-2H3/t19-/m0/s1. The Balaban J connectivity index is 1.74. The molecule has 0 spiro atoms. The minimum absolute atomic E-state index is 0.00778. The Bertz CT molecular complexity index is 1170. The van der Waals surface area contributed by atoms with Crippen molar-refractivity contribution >= 4 is 22.1 Å². The highest BCUT2D eigenvalue weighted by Gasteiger charge is 2.31. The highest BCUT2D eigenvalue weighted by Crippen LogP contribution is 2.24. The number of nitrogens with zero attached hydrogens (tertiary/aromatic N) is 4. The minimum Gasteiger partial charge on any atom is -0.283 e. The van der Waals surface area contributed by atoms with E-state index in [1.807, 2.05) is 59.0 Å². The average molecular weight is 429 g/mol. The lowest BCUT2D eigenvalue weighted by Gasteiger charge is -2.22. The van der Waals surface area contributed by atoms with Gasteiger partial charge in [0.2, 0.25) is 4.77 Å². The average Bonchev–Trinajstić information content (AvgIpc) is 3.23. The van der Waals surface area contributed by atoms with Gasteiger partial charge in [0.15, 0.2) is 15.7 Å². The summed E-state index contributed by atoms with van der Waals surface area (Å²) in [5.41, 5.74) is 3.11. The molecule has 0 aliphatic carbocycles. The van der Waals surface area contributed by atoms with Crippen LogP contribution in [0, 0.1) is 11.7 Å². The van der Waals surface area contributed by atoms with Gasteiger partial charge in [-0.3, -0.25) is 9.47 Å². The zero-order valence-electron chi connectivity index (χ0n) is 16.5. The predicted octanol–water partition coefficient (Wildman–Crippen LogP) is 3.46. The van der Waals surface area contributed by atoms with E-state index in [0.29, 0.717) is 17.9 Å². The summed E-state index contributed by atoms with van der Waals surface area (Å²) >= 11 is 5.78. The summed E-state index contributed by atoms with van der Waals surface area (Å²) in [5, 5.41) is 4.81. The fraction of sp³-hybridized carbons (Fsp3) is 0.333. The summed E-state index contributed by atoms with van der Waals surface area (Å²) in [6.07, 6.45) is 0.649. The molecule has 0 N–H and O–H groups in total. The lowest BCUT2D eigenvalue weighted by molar-refractivity contribution is 0.196. The van der Waals surface area contributed by atoms with Crippen LogP contribution < -0.4 is 0 Å². The van der Waals surface area contributed by atoms with Crippen molar-refractivity contribution in [1.82, 2.24) is 19.2 Å². The highest BCUT2D eigenvalue weighted by molar-refractivity contribution is 7.91. The largest absolute Gasteiger partial charge is 0.283 e. The van der Waals surface area contributed by atoms with Crippen LogP contribution in [0.1, 0.15) is 12.0 Å². The quantitative estimate of drug-likeness (QED) is 0.583. The van der Waals surface area contributed by atoms with Crippen molar-refractivity contribution in [2.45, 2.75) is 26.1 Å². The van der Waals surface area contributed by atoms with E-state index in [1.165, 1.54) is 5.56 Å². The van der Waals surface area contributed by atoms with Crippen molar-refractivity contribution in [3.05, 3.63) is 64.9 Å². The van der Waals surface area contributed by atoms with Crippen LogP contribution in [-0.2, 0) is 16.5 Å². The molecule has 152 valence electrons. The maximum Gasteiger partial charge on any atom is 0.204 e. The number of sulfone groups is 1. The van der Waals surface area contributed by atoms with Gasteiger partial charge in [-0.15, -0.1) is 5.10 Å². The molecule has 1 atom stereocenters. The molecule has 2 aromatic carbocycles. The Morgan fingerprint density at radius 3 is 2.45 bits per heavy atom. The summed E-state index contributed by atoms with van der Waals surface area (Å²) in [5.74, 6) is 1.22. The fourth-order valence-electron chi connectivity index (χ4n) is 3.65. The van der Waals surface area contributed by atoms with Gasteiger partial charge < -0.3 is 0 Å². The van der Waals surface area contributed by atoms with Crippen LogP contribution in [0.2, 0.25) is 0 Å². The monoisotopic (exact) mass is 428 g/mol. The summed E-state index contributed by atoms with van der Waals surface area (Å²) in [6, 6.07) is 18.1. The van der Waals surface area contributed by atoms with Crippen LogP contribution in [-0.4, -0.2) is 52.3 Å². The third-order valence-electron chi connectivity index (χ3n) is 5.35. The van der Waals surface area contributed by atoms with Gasteiger partial charge in [0.25, 0.3) is 0 Å². The lowest BCUT2D eigenvalue weighted by Crippen LogP contribution is -2.34. The topological polar surface area (TPSA) is 60.1 Å². The molecular formula is C21H24N4O2S2. The molecule has 1 aliphatic rings. The van der Waals surface area contributed by atoms with Crippen LogP contribution in [0.5, 0.6) is 0 Å². The molecule has 4 rings (SSSR count). The van der Waals surface area contributed by atoms with Crippen molar-refractivity contribution in [3.63, 3.8) is 0 Å². The number of aromatic nitrogens is 3. The minimum atomic E-state index is -2.94. The van der Waals surface area contributed by atoms with E-state index in [4.69, 9.17) is 17.3 Å². The molecule has 0 amide bonds. The van der Waals surface area contributed by atoms with Gasteiger partial charge in [-0.05, 0) is 44.7 Å². The lowest BCUT2D eigenvalue weighted by atomic mass is 10.2. The van der Waals surface area contributed by atoms with Crippen molar-refractivity contribution in [3.8, 4) is 17.1 Å². The van der Waals surface area contributed by atoms with Crippen LogP contribution in [0.4, 0.5) is 0 Å². The Labute approximate surface area is 176 Å². The second-order valence-corrected chi connectivity index (χ2v) is 10.2. The Morgan fingerprint density at radius 1 is 1.14 bits per heavy atom. The molecule has 2 heterocycles. The SMILES string of the molecule is Cc1ccc(-n2c(-c3ccccc3)nn(CN(C)[C@H]3CCS(=O)(=O)C3)c2=S)cc1. The van der Waals surface area contributed by atoms with Gasteiger partial charge >= 0.3 is 0 Å². The zero-order chi connectivity index (χ0) is 20.6. The highest BCUT2D eigenvalue weighted by atomic mass is 32.2. The number of aryl methyl sites for hydroxylation is 1. The van der Waals surface area contributed by atoms with Crippen molar-refractivity contribution < 1.29 is 8.42 Å². The second-order valence-electron chi connectivity index (χ2n) is 7.60. The van der Waals surface area contributed by atoms with E-state index in [-0.39, 0.29) is 17.5 Å². The molecule has 1 aromatic heterocycles. The van der Waals surface area contributed by atoms with Gasteiger partial charge in [-0.25, -0.2) is 13.1 Å². The van der Waals surface area contributed by atoms with E-state index in [0.717, 1.165) is 17.1 Å². The molecule has 1 fully saturated rings. The second kappa shape index (κ2) is 7.85. The molecule has 0 unspecified atom stereocenters. The molecule has 1 saturated heterocycles. The number of rotatable bonds is 5. The van der Waals surface area contributed by atoms with E-state index in [1.54, 1.807) is 4.68 Å². The smallest absolute Gasteiger partial charge is 0.204 e. The van der Waals surface area contributed by atoms with Gasteiger partial charge in [-0.1, -0.05) is 48.0 Å². The van der Waals surface area contributed by atoms with E-state index in [2.05, 4.69) is 19.1 Å². The number of hydrogen-bond acceptors (Lipinski definition) is 5. The number of benzene rings is 2. The molecular weight excluding hydrogens is 404 g/mol. The molecule has 1 aliphatic heterocycles. The van der Waals surface area contributed by atoms with Crippen LogP contribution in [0.25, 0.3) is 17.1 Å². The first-order valence-corrected chi connectivity index (χ1v) is 11.8. The molecule has 0 saturated carbocycles. The summed E-state index contributed by atoms with van der Waals surface area (Å²) in [7, 11) is -1.01. The molecule has 0 radical (unpaired) electrons. The molecule has 29 heavy (non-hydrogen) atoms. The van der Waals surface area contributed by atoms with E-state index >= 15 is 0 Å². The van der Waals surface area contributed by atoms with Crippen LogP contribution in [0.15, 0.2) is 54.6 Å². The first-order chi connectivity index (χ1) is 13.8. The van der Waals surface area contributed by atoms with Crippen molar-refractivity contribution in [2.75, 3.05) is 18.6 Å². The van der Waals surface area contributed by atoms with Crippen molar-refractivity contribution in [2.24, 2.45) is 0 Å². The summed E-state index contributed by atoms with van der Waals surface area (Å²) in [6.45, 7) is 2.49. The molecule has 3 aromatic rings. The summed E-state index contributed by atoms with van der Waals surface area (Å²) in [4.78, 5) is 2.03. The third kappa shape index (κ3) is 4.19. The maximum absolute atomic E-state index is 11.8. The summed E-state index contributed by atoms with van der Waals surface area (Å²) < 4.78 is 28.0. The van der Waals surface area contributed by atoms with E-state index < -0.39 is 9.84 Å². The first-order valence-electron chi connectivity index (χ1n) is 9.57. The zero-order valence-corrected chi connectivity index (χ0v) is 18.2. The van der Waals surface area contributed by atoms with Crippen molar-refractivity contribution in [1.29, 1.82) is 0 Å². The predicted molar refractivity (Wildman–Crippen MR) is 117 cm³/mol. The van der Waals surface area contributed by atoms with E-state index in [9.17, 15) is 8.42 Å². The Hall–Kier alpha value is -2.29. The third-order valence-corrected chi connectivity index (χ3v) is 7.50. The molecule has 6 nitrogen and oxygen atoms in total. The first kappa shape index (κ1) is 20.0. The fourth-order valence-corrected chi connectivity index (χ4v) is 5.75. The maximum atomic E-state index is 11.8. The molecule has 0 bridgehead atoms.